The van der Waals surface area contributed by atoms with Gasteiger partial charge in [0.2, 0.25) is 0 Å². The molecule has 23 heavy (non-hydrogen) atoms. The van der Waals surface area contributed by atoms with Crippen LogP contribution >= 0.6 is 0 Å². The number of carbonyl (C=O) groups excluding carboxylic acids is 1. The number of para-hydroxylation sites is 1. The Hall–Kier alpha value is -2.82. The van der Waals surface area contributed by atoms with E-state index in [1.165, 1.54) is 0 Å². The van der Waals surface area contributed by atoms with E-state index in [2.05, 4.69) is 10.5 Å². The van der Waals surface area contributed by atoms with Gasteiger partial charge >= 0.3 is 0 Å². The molecule has 0 aliphatic heterocycles. The first-order valence-electron chi connectivity index (χ1n) is 7.42. The molecular formula is C18H20N2O3. The molecule has 2 aromatic carbocycles. The minimum Gasteiger partial charge on any atom is -0.494 e. The Labute approximate surface area is 135 Å². The first kappa shape index (κ1) is 16.5. The third-order valence-electron chi connectivity index (χ3n) is 3.05. The third kappa shape index (κ3) is 5.47. The molecule has 2 aromatic rings. The van der Waals surface area contributed by atoms with Crippen molar-refractivity contribution in [2.75, 3.05) is 13.2 Å². The number of benzene rings is 2. The van der Waals surface area contributed by atoms with Gasteiger partial charge in [-0.2, -0.15) is 5.10 Å². The van der Waals surface area contributed by atoms with Crippen molar-refractivity contribution in [3.8, 4) is 11.5 Å². The Bertz CT molecular complexity index is 666. The molecule has 5 heteroatoms. The number of hydrogen-bond acceptors (Lipinski definition) is 4. The fraction of sp³-hybridized carbons (Fsp3) is 0.222. The molecule has 1 amide bonds. The molecule has 0 aliphatic rings. The molecule has 120 valence electrons. The maximum atomic E-state index is 11.7. The van der Waals surface area contributed by atoms with E-state index >= 15 is 0 Å². The number of nitrogens with one attached hydrogen (secondary N) is 1. The highest BCUT2D eigenvalue weighted by molar-refractivity contribution is 5.83. The number of nitrogens with zero attached hydrogens (tertiary/aromatic N) is 1. The Balaban J connectivity index is 1.78. The van der Waals surface area contributed by atoms with Gasteiger partial charge in [0.05, 0.1) is 12.8 Å². The maximum Gasteiger partial charge on any atom is 0.277 e. The van der Waals surface area contributed by atoms with E-state index in [0.717, 1.165) is 16.9 Å². The van der Waals surface area contributed by atoms with Crippen LogP contribution in [-0.2, 0) is 4.79 Å². The number of ether oxygens (including phenoxy) is 2. The largest absolute Gasteiger partial charge is 0.494 e. The number of rotatable bonds is 7. The molecule has 5 nitrogen and oxygen atoms in total. The summed E-state index contributed by atoms with van der Waals surface area (Å²) < 4.78 is 10.8. The highest BCUT2D eigenvalue weighted by Gasteiger charge is 2.03. The van der Waals surface area contributed by atoms with E-state index in [-0.39, 0.29) is 12.5 Å². The maximum absolute atomic E-state index is 11.7. The minimum atomic E-state index is -0.310. The molecule has 0 atom stereocenters. The van der Waals surface area contributed by atoms with Gasteiger partial charge < -0.3 is 9.47 Å². The molecule has 0 saturated carbocycles. The molecule has 2 rings (SSSR count). The fourth-order valence-electron chi connectivity index (χ4n) is 1.89. The Morgan fingerprint density at radius 1 is 1.13 bits per heavy atom. The Morgan fingerprint density at radius 3 is 2.57 bits per heavy atom. The highest BCUT2D eigenvalue weighted by atomic mass is 16.5. The molecule has 0 saturated heterocycles. The summed E-state index contributed by atoms with van der Waals surface area (Å²) in [5.74, 6) is 1.19. The van der Waals surface area contributed by atoms with Crippen LogP contribution in [0.15, 0.2) is 53.6 Å². The van der Waals surface area contributed by atoms with Crippen LogP contribution in [0.25, 0.3) is 0 Å². The second-order valence-corrected chi connectivity index (χ2v) is 4.85. The first-order valence-corrected chi connectivity index (χ1v) is 7.42. The second-order valence-electron chi connectivity index (χ2n) is 4.85. The SMILES string of the molecule is CCOc1ccc(C=NNC(=O)COc2ccccc2C)cc1. The lowest BCUT2D eigenvalue weighted by molar-refractivity contribution is -0.123. The van der Waals surface area contributed by atoms with Crippen LogP contribution in [-0.4, -0.2) is 25.3 Å². The molecule has 0 aromatic heterocycles. The smallest absolute Gasteiger partial charge is 0.277 e. The number of hydrazone groups is 1. The third-order valence-corrected chi connectivity index (χ3v) is 3.05. The first-order chi connectivity index (χ1) is 11.2. The molecule has 0 bridgehead atoms. The predicted molar refractivity (Wildman–Crippen MR) is 90.0 cm³/mol. The summed E-state index contributed by atoms with van der Waals surface area (Å²) in [6.07, 6.45) is 1.57. The minimum absolute atomic E-state index is 0.0779. The van der Waals surface area contributed by atoms with Crippen molar-refractivity contribution in [2.45, 2.75) is 13.8 Å². The van der Waals surface area contributed by atoms with Crippen molar-refractivity contribution in [3.05, 3.63) is 59.7 Å². The lowest BCUT2D eigenvalue weighted by atomic mass is 10.2. The summed E-state index contributed by atoms with van der Waals surface area (Å²) in [6, 6.07) is 15.0. The van der Waals surface area contributed by atoms with Gasteiger partial charge in [0.1, 0.15) is 11.5 Å². The zero-order valence-corrected chi connectivity index (χ0v) is 13.3. The molecule has 0 spiro atoms. The van der Waals surface area contributed by atoms with Gasteiger partial charge in [-0.15, -0.1) is 0 Å². The van der Waals surface area contributed by atoms with Crippen LogP contribution in [0.2, 0.25) is 0 Å². The van der Waals surface area contributed by atoms with E-state index in [9.17, 15) is 4.79 Å². The van der Waals surface area contributed by atoms with Gasteiger partial charge in [0.15, 0.2) is 6.61 Å². The van der Waals surface area contributed by atoms with Gasteiger partial charge in [-0.25, -0.2) is 5.43 Å². The number of aryl methyl sites for hydroxylation is 1. The molecule has 0 heterocycles. The molecule has 0 fully saturated rings. The predicted octanol–water partition coefficient (Wildman–Crippen LogP) is 2.92. The summed E-state index contributed by atoms with van der Waals surface area (Å²) in [4.78, 5) is 11.7. The van der Waals surface area contributed by atoms with Crippen LogP contribution < -0.4 is 14.9 Å². The standard InChI is InChI=1S/C18H20N2O3/c1-3-22-16-10-8-15(9-11-16)12-19-20-18(21)13-23-17-7-5-4-6-14(17)2/h4-12H,3,13H2,1-2H3,(H,20,21). The van der Waals surface area contributed by atoms with Gasteiger partial charge in [-0.05, 0) is 55.3 Å². The molecule has 0 aliphatic carbocycles. The van der Waals surface area contributed by atoms with Crippen molar-refractivity contribution in [2.24, 2.45) is 5.10 Å². The van der Waals surface area contributed by atoms with Gasteiger partial charge in [-0.3, -0.25) is 4.79 Å². The van der Waals surface area contributed by atoms with Crippen LogP contribution in [0.5, 0.6) is 11.5 Å². The van der Waals surface area contributed by atoms with E-state index in [1.54, 1.807) is 6.21 Å². The van der Waals surface area contributed by atoms with Crippen LogP contribution in [0.4, 0.5) is 0 Å². The highest BCUT2D eigenvalue weighted by Crippen LogP contribution is 2.15. The summed E-state index contributed by atoms with van der Waals surface area (Å²) in [5.41, 5.74) is 4.29. The Morgan fingerprint density at radius 2 is 1.87 bits per heavy atom. The molecule has 0 radical (unpaired) electrons. The lowest BCUT2D eigenvalue weighted by Crippen LogP contribution is -2.24. The quantitative estimate of drug-likeness (QED) is 0.631. The normalized spacial score (nSPS) is 10.5. The monoisotopic (exact) mass is 312 g/mol. The second kappa shape index (κ2) is 8.58. The van der Waals surface area contributed by atoms with Gasteiger partial charge in [-0.1, -0.05) is 18.2 Å². The zero-order valence-electron chi connectivity index (χ0n) is 13.3. The number of amides is 1. The molecular weight excluding hydrogens is 292 g/mol. The van der Waals surface area contributed by atoms with Crippen LogP contribution in [0.1, 0.15) is 18.1 Å². The van der Waals surface area contributed by atoms with Crippen molar-refractivity contribution in [3.63, 3.8) is 0 Å². The summed E-state index contributed by atoms with van der Waals surface area (Å²) in [7, 11) is 0. The molecule has 1 N–H and O–H groups in total. The van der Waals surface area contributed by atoms with Crippen molar-refractivity contribution < 1.29 is 14.3 Å². The average molecular weight is 312 g/mol. The van der Waals surface area contributed by atoms with Gasteiger partial charge in [0.25, 0.3) is 5.91 Å². The van der Waals surface area contributed by atoms with E-state index in [1.807, 2.05) is 62.4 Å². The van der Waals surface area contributed by atoms with E-state index in [4.69, 9.17) is 9.47 Å². The topological polar surface area (TPSA) is 59.9 Å². The van der Waals surface area contributed by atoms with Crippen LogP contribution in [0.3, 0.4) is 0 Å². The van der Waals surface area contributed by atoms with E-state index in [0.29, 0.717) is 12.4 Å². The van der Waals surface area contributed by atoms with Crippen molar-refractivity contribution in [1.82, 2.24) is 5.43 Å². The average Bonchev–Trinajstić information content (AvgIpc) is 2.56. The lowest BCUT2D eigenvalue weighted by Gasteiger charge is -2.07. The van der Waals surface area contributed by atoms with Gasteiger partial charge in [0, 0.05) is 0 Å². The van der Waals surface area contributed by atoms with Crippen LogP contribution in [0, 0.1) is 6.92 Å². The molecule has 0 unspecified atom stereocenters. The number of carbonyl (C=O) groups is 1. The zero-order chi connectivity index (χ0) is 16.5. The van der Waals surface area contributed by atoms with Crippen molar-refractivity contribution in [1.29, 1.82) is 0 Å². The van der Waals surface area contributed by atoms with E-state index < -0.39 is 0 Å². The Kier molecular flexibility index (Phi) is 6.17. The number of hydrogen-bond donors (Lipinski definition) is 1. The summed E-state index contributed by atoms with van der Waals surface area (Å²) >= 11 is 0. The fourth-order valence-corrected chi connectivity index (χ4v) is 1.89. The van der Waals surface area contributed by atoms with Crippen molar-refractivity contribution >= 4 is 12.1 Å². The summed E-state index contributed by atoms with van der Waals surface area (Å²) in [6.45, 7) is 4.41. The summed E-state index contributed by atoms with van der Waals surface area (Å²) in [5, 5.41) is 3.91.